The maximum atomic E-state index is 12.7. The minimum absolute atomic E-state index is 0.0581. The number of hydrogen-bond acceptors (Lipinski definition) is 6. The predicted molar refractivity (Wildman–Crippen MR) is 103 cm³/mol. The average molecular weight is 380 g/mol. The van der Waals surface area contributed by atoms with Gasteiger partial charge in [-0.1, -0.05) is 36.4 Å². The van der Waals surface area contributed by atoms with E-state index in [1.165, 1.54) is 11.8 Å². The molecule has 0 aliphatic rings. The molecule has 0 amide bonds. The van der Waals surface area contributed by atoms with Crippen LogP contribution in [0.4, 0.5) is 0 Å². The van der Waals surface area contributed by atoms with Crippen LogP contribution in [-0.2, 0) is 9.47 Å². The van der Waals surface area contributed by atoms with E-state index >= 15 is 0 Å². The zero-order valence-corrected chi connectivity index (χ0v) is 15.8. The Balaban J connectivity index is 2.34. The first-order chi connectivity index (χ1) is 13.6. The van der Waals surface area contributed by atoms with Crippen LogP contribution in [0.3, 0.4) is 0 Å². The van der Waals surface area contributed by atoms with E-state index in [9.17, 15) is 9.59 Å². The molecule has 0 N–H and O–H groups in total. The molecule has 7 heteroatoms. The van der Waals surface area contributed by atoms with E-state index in [0.717, 1.165) is 0 Å². The van der Waals surface area contributed by atoms with Gasteiger partial charge in [0.25, 0.3) is 0 Å². The van der Waals surface area contributed by atoms with Gasteiger partial charge in [0.1, 0.15) is 11.3 Å². The number of methoxy groups -OCH3 is 2. The third-order valence-corrected chi connectivity index (χ3v) is 4.09. The van der Waals surface area contributed by atoms with E-state index in [4.69, 9.17) is 14.2 Å². The molecule has 0 bridgehead atoms. The van der Waals surface area contributed by atoms with E-state index in [2.05, 4.69) is 5.10 Å². The molecule has 3 rings (SSSR count). The molecule has 3 aromatic rings. The van der Waals surface area contributed by atoms with Crippen molar-refractivity contribution < 1.29 is 23.8 Å². The minimum Gasteiger partial charge on any atom is -0.497 e. The molecule has 28 heavy (non-hydrogen) atoms. The highest BCUT2D eigenvalue weighted by Crippen LogP contribution is 2.31. The summed E-state index contributed by atoms with van der Waals surface area (Å²) >= 11 is 0. The number of hydrogen-bond donors (Lipinski definition) is 0. The molecule has 0 saturated carbocycles. The van der Waals surface area contributed by atoms with Crippen LogP contribution in [0, 0.1) is 0 Å². The van der Waals surface area contributed by atoms with Gasteiger partial charge in [-0.15, -0.1) is 0 Å². The summed E-state index contributed by atoms with van der Waals surface area (Å²) in [6.45, 7) is 1.86. The number of ether oxygens (including phenoxy) is 3. The topological polar surface area (TPSA) is 79.7 Å². The number of aromatic nitrogens is 2. The molecule has 0 aliphatic carbocycles. The van der Waals surface area contributed by atoms with Crippen molar-refractivity contribution >= 4 is 11.9 Å². The van der Waals surface area contributed by atoms with Gasteiger partial charge in [-0.3, -0.25) is 0 Å². The first kappa shape index (κ1) is 19.2. The molecule has 1 heterocycles. The summed E-state index contributed by atoms with van der Waals surface area (Å²) in [4.78, 5) is 25.1. The van der Waals surface area contributed by atoms with Crippen LogP contribution in [0.15, 0.2) is 54.6 Å². The summed E-state index contributed by atoms with van der Waals surface area (Å²) in [7, 11) is 2.80. The lowest BCUT2D eigenvalue weighted by Crippen LogP contribution is -2.12. The quantitative estimate of drug-likeness (QED) is 0.609. The molecule has 0 radical (unpaired) electrons. The maximum absolute atomic E-state index is 12.7. The number of benzene rings is 2. The highest BCUT2D eigenvalue weighted by atomic mass is 16.5. The Kier molecular flexibility index (Phi) is 5.74. The maximum Gasteiger partial charge on any atom is 0.359 e. The van der Waals surface area contributed by atoms with Crippen molar-refractivity contribution in [1.29, 1.82) is 0 Å². The Morgan fingerprint density at radius 3 is 2.39 bits per heavy atom. The summed E-state index contributed by atoms with van der Waals surface area (Å²) in [5.74, 6) is -0.748. The lowest BCUT2D eigenvalue weighted by atomic mass is 10.1. The normalized spacial score (nSPS) is 10.4. The molecule has 0 fully saturated rings. The van der Waals surface area contributed by atoms with Gasteiger partial charge in [-0.05, 0) is 19.1 Å². The molecule has 0 aliphatic heterocycles. The summed E-state index contributed by atoms with van der Waals surface area (Å²) < 4.78 is 16.9. The highest BCUT2D eigenvalue weighted by Gasteiger charge is 2.31. The number of esters is 2. The molecule has 0 spiro atoms. The molecule has 0 unspecified atom stereocenters. The zero-order chi connectivity index (χ0) is 20.1. The van der Waals surface area contributed by atoms with Crippen LogP contribution in [0.25, 0.3) is 16.9 Å². The van der Waals surface area contributed by atoms with Gasteiger partial charge >= 0.3 is 11.9 Å². The Bertz CT molecular complexity index is 995. The van der Waals surface area contributed by atoms with Gasteiger partial charge in [0.05, 0.1) is 32.2 Å². The number of carbonyl (C=O) groups is 2. The molecular weight excluding hydrogens is 360 g/mol. The minimum atomic E-state index is -0.720. The van der Waals surface area contributed by atoms with Crippen molar-refractivity contribution in [3.05, 3.63) is 65.9 Å². The molecule has 1 aromatic heterocycles. The van der Waals surface area contributed by atoms with Crippen LogP contribution < -0.4 is 4.74 Å². The summed E-state index contributed by atoms with van der Waals surface area (Å²) in [6.07, 6.45) is 0. The number of rotatable bonds is 6. The summed E-state index contributed by atoms with van der Waals surface area (Å²) in [5.41, 5.74) is 1.72. The van der Waals surface area contributed by atoms with Crippen LogP contribution >= 0.6 is 0 Å². The SMILES string of the molecule is CCOC(=O)c1c(C(=O)OC)nn(-c2cccc(OC)c2)c1-c1ccccc1. The second-order valence-corrected chi connectivity index (χ2v) is 5.76. The lowest BCUT2D eigenvalue weighted by Gasteiger charge is -2.11. The van der Waals surface area contributed by atoms with E-state index in [0.29, 0.717) is 22.7 Å². The largest absolute Gasteiger partial charge is 0.497 e. The van der Waals surface area contributed by atoms with Gasteiger partial charge in [0.15, 0.2) is 5.69 Å². The van der Waals surface area contributed by atoms with Crippen LogP contribution in [0.5, 0.6) is 5.75 Å². The van der Waals surface area contributed by atoms with Crippen molar-refractivity contribution in [2.24, 2.45) is 0 Å². The van der Waals surface area contributed by atoms with Crippen molar-refractivity contribution in [3.8, 4) is 22.7 Å². The van der Waals surface area contributed by atoms with Gasteiger partial charge in [-0.2, -0.15) is 5.10 Å². The Hall–Kier alpha value is -3.61. The lowest BCUT2D eigenvalue weighted by molar-refractivity contribution is 0.0503. The molecular formula is C21H20N2O5. The fourth-order valence-electron chi connectivity index (χ4n) is 2.85. The standard InChI is InChI=1S/C21H20N2O5/c1-4-28-20(24)17-18(21(25)27-3)22-23(15-11-8-12-16(13-15)26-2)19(17)14-9-6-5-7-10-14/h5-13H,4H2,1-3H3. The summed E-state index contributed by atoms with van der Waals surface area (Å²) in [6, 6.07) is 16.4. The predicted octanol–water partition coefficient (Wildman–Crippen LogP) is 3.51. The van der Waals surface area contributed by atoms with E-state index < -0.39 is 11.9 Å². The average Bonchev–Trinajstić information content (AvgIpc) is 3.15. The van der Waals surface area contributed by atoms with Crippen molar-refractivity contribution in [2.45, 2.75) is 6.92 Å². The van der Waals surface area contributed by atoms with Gasteiger partial charge in [-0.25, -0.2) is 14.3 Å². The molecule has 2 aromatic carbocycles. The Morgan fingerprint density at radius 1 is 1.00 bits per heavy atom. The van der Waals surface area contributed by atoms with Crippen LogP contribution in [0.1, 0.15) is 27.8 Å². The second-order valence-electron chi connectivity index (χ2n) is 5.76. The van der Waals surface area contributed by atoms with Crippen LogP contribution in [0.2, 0.25) is 0 Å². The highest BCUT2D eigenvalue weighted by molar-refractivity contribution is 6.06. The molecule has 0 saturated heterocycles. The smallest absolute Gasteiger partial charge is 0.359 e. The zero-order valence-electron chi connectivity index (χ0n) is 15.8. The van der Waals surface area contributed by atoms with Gasteiger partial charge in [0.2, 0.25) is 0 Å². The number of carbonyl (C=O) groups excluding carboxylic acids is 2. The third kappa shape index (κ3) is 3.59. The first-order valence-electron chi connectivity index (χ1n) is 8.69. The molecule has 144 valence electrons. The van der Waals surface area contributed by atoms with Gasteiger partial charge in [0, 0.05) is 11.6 Å². The molecule has 7 nitrogen and oxygen atoms in total. The third-order valence-electron chi connectivity index (χ3n) is 4.09. The summed E-state index contributed by atoms with van der Waals surface area (Å²) in [5, 5.41) is 4.39. The fourth-order valence-corrected chi connectivity index (χ4v) is 2.85. The van der Waals surface area contributed by atoms with E-state index in [-0.39, 0.29) is 17.9 Å². The van der Waals surface area contributed by atoms with Crippen molar-refractivity contribution in [3.63, 3.8) is 0 Å². The Labute approximate surface area is 162 Å². The van der Waals surface area contributed by atoms with Gasteiger partial charge < -0.3 is 14.2 Å². The van der Waals surface area contributed by atoms with Crippen LogP contribution in [-0.4, -0.2) is 42.5 Å². The number of nitrogens with zero attached hydrogens (tertiary/aromatic N) is 2. The second kappa shape index (κ2) is 8.39. The van der Waals surface area contributed by atoms with Crippen molar-refractivity contribution in [2.75, 3.05) is 20.8 Å². The molecule has 0 atom stereocenters. The first-order valence-corrected chi connectivity index (χ1v) is 8.69. The Morgan fingerprint density at radius 2 is 1.75 bits per heavy atom. The fraction of sp³-hybridized carbons (Fsp3) is 0.190. The van der Waals surface area contributed by atoms with E-state index in [1.807, 2.05) is 30.3 Å². The van der Waals surface area contributed by atoms with Crippen molar-refractivity contribution in [1.82, 2.24) is 9.78 Å². The van der Waals surface area contributed by atoms with E-state index in [1.54, 1.807) is 38.3 Å². The monoisotopic (exact) mass is 380 g/mol.